The van der Waals surface area contributed by atoms with Crippen LogP contribution in [0.15, 0.2) is 33.3 Å². The maximum absolute atomic E-state index is 12.8. The Morgan fingerprint density at radius 3 is 2.86 bits per heavy atom. The van der Waals surface area contributed by atoms with Crippen molar-refractivity contribution in [2.75, 3.05) is 6.54 Å². The molecule has 4 nitrogen and oxygen atoms in total. The van der Waals surface area contributed by atoms with E-state index in [2.05, 4.69) is 21.1 Å². The summed E-state index contributed by atoms with van der Waals surface area (Å²) in [5, 5.41) is 3.93. The van der Waals surface area contributed by atoms with Crippen LogP contribution in [-0.4, -0.2) is 22.5 Å². The van der Waals surface area contributed by atoms with Crippen LogP contribution < -0.4 is 0 Å². The average Bonchev–Trinajstić information content (AvgIpc) is 3.06. The van der Waals surface area contributed by atoms with Gasteiger partial charge in [-0.2, -0.15) is 0 Å². The van der Waals surface area contributed by atoms with Crippen LogP contribution in [0.25, 0.3) is 0 Å². The highest BCUT2D eigenvalue weighted by molar-refractivity contribution is 9.10. The molecular formula is C16H17BrN2O2. The van der Waals surface area contributed by atoms with Crippen LogP contribution in [0.2, 0.25) is 0 Å². The van der Waals surface area contributed by atoms with Crippen molar-refractivity contribution in [3.8, 4) is 0 Å². The lowest BCUT2D eigenvalue weighted by atomic mass is 10.1. The second-order valence-corrected chi connectivity index (χ2v) is 6.36. The number of halogens is 1. The van der Waals surface area contributed by atoms with Gasteiger partial charge in [0.2, 0.25) is 0 Å². The number of nitrogens with zero attached hydrogens (tertiary/aromatic N) is 2. The SMILES string of the molecule is Cc1ccc(C(=O)N2CCCC2c2cc(C)no2)c(Br)c1. The van der Waals surface area contributed by atoms with Crippen molar-refractivity contribution in [2.24, 2.45) is 0 Å². The van der Waals surface area contributed by atoms with Gasteiger partial charge in [0.1, 0.15) is 0 Å². The van der Waals surface area contributed by atoms with Gasteiger partial charge in [-0.15, -0.1) is 0 Å². The molecule has 1 saturated heterocycles. The minimum absolute atomic E-state index is 0.00750. The van der Waals surface area contributed by atoms with Gasteiger partial charge in [-0.25, -0.2) is 0 Å². The molecule has 110 valence electrons. The van der Waals surface area contributed by atoms with E-state index in [1.807, 2.05) is 43.0 Å². The Morgan fingerprint density at radius 2 is 2.19 bits per heavy atom. The standard InChI is InChI=1S/C16H17BrN2O2/c1-10-5-6-12(13(17)8-10)16(20)19-7-3-4-14(19)15-9-11(2)18-21-15/h5-6,8-9,14H,3-4,7H2,1-2H3. The number of aromatic nitrogens is 1. The Labute approximate surface area is 132 Å². The summed E-state index contributed by atoms with van der Waals surface area (Å²) in [6.07, 6.45) is 1.91. The molecular weight excluding hydrogens is 332 g/mol. The van der Waals surface area contributed by atoms with E-state index in [1.165, 1.54) is 0 Å². The maximum Gasteiger partial charge on any atom is 0.255 e. The van der Waals surface area contributed by atoms with E-state index in [9.17, 15) is 4.79 Å². The second-order valence-electron chi connectivity index (χ2n) is 5.51. The van der Waals surface area contributed by atoms with E-state index >= 15 is 0 Å². The van der Waals surface area contributed by atoms with Crippen LogP contribution in [-0.2, 0) is 0 Å². The number of carbonyl (C=O) groups is 1. The van der Waals surface area contributed by atoms with E-state index in [-0.39, 0.29) is 11.9 Å². The van der Waals surface area contributed by atoms with Gasteiger partial charge in [0.25, 0.3) is 5.91 Å². The van der Waals surface area contributed by atoms with Crippen molar-refractivity contribution in [1.29, 1.82) is 0 Å². The highest BCUT2D eigenvalue weighted by Crippen LogP contribution is 2.34. The zero-order valence-corrected chi connectivity index (χ0v) is 13.7. The fourth-order valence-corrected chi connectivity index (χ4v) is 3.46. The first kappa shape index (κ1) is 14.3. The summed E-state index contributed by atoms with van der Waals surface area (Å²) in [6.45, 7) is 4.66. The first-order chi connectivity index (χ1) is 10.1. The molecule has 1 aromatic carbocycles. The first-order valence-corrected chi connectivity index (χ1v) is 7.86. The molecule has 1 aromatic heterocycles. The van der Waals surface area contributed by atoms with Crippen LogP contribution in [0.3, 0.4) is 0 Å². The van der Waals surface area contributed by atoms with Crippen molar-refractivity contribution >= 4 is 21.8 Å². The minimum atomic E-state index is -0.00750. The zero-order valence-electron chi connectivity index (χ0n) is 12.1. The number of hydrogen-bond donors (Lipinski definition) is 0. The fourth-order valence-electron chi connectivity index (χ4n) is 2.79. The molecule has 5 heteroatoms. The van der Waals surface area contributed by atoms with Gasteiger partial charge in [0, 0.05) is 17.1 Å². The zero-order chi connectivity index (χ0) is 15.0. The van der Waals surface area contributed by atoms with E-state index in [0.29, 0.717) is 5.56 Å². The van der Waals surface area contributed by atoms with Gasteiger partial charge in [0.15, 0.2) is 5.76 Å². The van der Waals surface area contributed by atoms with Crippen LogP contribution in [0.5, 0.6) is 0 Å². The van der Waals surface area contributed by atoms with Gasteiger partial charge in [-0.3, -0.25) is 4.79 Å². The van der Waals surface area contributed by atoms with Gasteiger partial charge < -0.3 is 9.42 Å². The number of amides is 1. The largest absolute Gasteiger partial charge is 0.359 e. The predicted molar refractivity (Wildman–Crippen MR) is 83.1 cm³/mol. The molecule has 1 aliphatic heterocycles. The third kappa shape index (κ3) is 2.75. The van der Waals surface area contributed by atoms with Crippen molar-refractivity contribution < 1.29 is 9.32 Å². The lowest BCUT2D eigenvalue weighted by molar-refractivity contribution is 0.0713. The Hall–Kier alpha value is -1.62. The Balaban J connectivity index is 1.89. The van der Waals surface area contributed by atoms with Crippen molar-refractivity contribution in [3.63, 3.8) is 0 Å². The van der Waals surface area contributed by atoms with E-state index in [4.69, 9.17) is 4.52 Å². The monoisotopic (exact) mass is 348 g/mol. The lowest BCUT2D eigenvalue weighted by Crippen LogP contribution is -2.30. The molecule has 0 N–H and O–H groups in total. The van der Waals surface area contributed by atoms with Gasteiger partial charge in [0.05, 0.1) is 17.3 Å². The quantitative estimate of drug-likeness (QED) is 0.822. The normalized spacial score (nSPS) is 18.2. The Bertz CT molecular complexity index is 681. The van der Waals surface area contributed by atoms with Crippen molar-refractivity contribution in [1.82, 2.24) is 10.1 Å². The van der Waals surface area contributed by atoms with Crippen molar-refractivity contribution in [2.45, 2.75) is 32.7 Å². The molecule has 0 aliphatic carbocycles. The molecule has 1 aliphatic rings. The maximum atomic E-state index is 12.8. The summed E-state index contributed by atoms with van der Waals surface area (Å²) in [6, 6.07) is 7.72. The second kappa shape index (κ2) is 5.64. The average molecular weight is 349 g/mol. The van der Waals surface area contributed by atoms with Crippen LogP contribution >= 0.6 is 15.9 Å². The van der Waals surface area contributed by atoms with E-state index in [0.717, 1.165) is 40.9 Å². The highest BCUT2D eigenvalue weighted by atomic mass is 79.9. The summed E-state index contributed by atoms with van der Waals surface area (Å²) < 4.78 is 6.20. The molecule has 0 saturated carbocycles. The third-order valence-electron chi connectivity index (χ3n) is 3.84. The molecule has 0 radical (unpaired) electrons. The Morgan fingerprint density at radius 1 is 1.38 bits per heavy atom. The Kier molecular flexibility index (Phi) is 3.85. The van der Waals surface area contributed by atoms with Gasteiger partial charge in [-0.05, 0) is 60.3 Å². The number of likely N-dealkylation sites (tertiary alicyclic amines) is 1. The summed E-state index contributed by atoms with van der Waals surface area (Å²) in [7, 11) is 0. The molecule has 3 rings (SSSR count). The topological polar surface area (TPSA) is 46.3 Å². The van der Waals surface area contributed by atoms with Crippen LogP contribution in [0.1, 0.15) is 46.3 Å². The third-order valence-corrected chi connectivity index (χ3v) is 4.50. The van der Waals surface area contributed by atoms with E-state index < -0.39 is 0 Å². The smallest absolute Gasteiger partial charge is 0.255 e. The molecule has 1 atom stereocenters. The first-order valence-electron chi connectivity index (χ1n) is 7.06. The van der Waals surface area contributed by atoms with Gasteiger partial charge >= 0.3 is 0 Å². The minimum Gasteiger partial charge on any atom is -0.359 e. The van der Waals surface area contributed by atoms with Gasteiger partial charge in [-0.1, -0.05) is 11.2 Å². The molecule has 2 heterocycles. The van der Waals surface area contributed by atoms with E-state index in [1.54, 1.807) is 0 Å². The molecule has 1 unspecified atom stereocenters. The number of carbonyl (C=O) groups excluding carboxylic acids is 1. The summed E-state index contributed by atoms with van der Waals surface area (Å²) in [5.41, 5.74) is 2.67. The molecule has 21 heavy (non-hydrogen) atoms. The lowest BCUT2D eigenvalue weighted by Gasteiger charge is -2.23. The molecule has 0 spiro atoms. The number of benzene rings is 1. The summed E-state index contributed by atoms with van der Waals surface area (Å²) >= 11 is 3.49. The molecule has 1 amide bonds. The highest BCUT2D eigenvalue weighted by Gasteiger charge is 2.33. The summed E-state index contributed by atoms with van der Waals surface area (Å²) in [4.78, 5) is 14.7. The van der Waals surface area contributed by atoms with Crippen molar-refractivity contribution in [3.05, 3.63) is 51.3 Å². The molecule has 1 fully saturated rings. The fraction of sp³-hybridized carbons (Fsp3) is 0.375. The summed E-state index contributed by atoms with van der Waals surface area (Å²) in [5.74, 6) is 0.819. The number of aryl methyl sites for hydroxylation is 2. The molecule has 0 bridgehead atoms. The number of hydrogen-bond acceptors (Lipinski definition) is 3. The van der Waals surface area contributed by atoms with Crippen LogP contribution in [0.4, 0.5) is 0 Å². The molecule has 2 aromatic rings. The number of rotatable bonds is 2. The van der Waals surface area contributed by atoms with Crippen LogP contribution in [0, 0.1) is 13.8 Å². The predicted octanol–water partition coefficient (Wildman–Crippen LogP) is 4.03.